The van der Waals surface area contributed by atoms with Gasteiger partial charge in [0.2, 0.25) is 5.75 Å². The molecule has 8 nitrogen and oxygen atoms in total. The first-order valence-electron chi connectivity index (χ1n) is 11.6. The highest BCUT2D eigenvalue weighted by Gasteiger charge is 2.30. The lowest BCUT2D eigenvalue weighted by molar-refractivity contribution is -0.153. The summed E-state index contributed by atoms with van der Waals surface area (Å²) < 4.78 is 16.0. The molecule has 0 aliphatic heterocycles. The molecule has 1 fully saturated rings. The molecule has 1 aromatic carbocycles. The van der Waals surface area contributed by atoms with Crippen LogP contribution in [0.25, 0.3) is 0 Å². The second kappa shape index (κ2) is 11.6. The topological polar surface area (TPSA) is 104 Å². The van der Waals surface area contributed by atoms with Crippen LogP contribution in [0, 0.1) is 5.92 Å². The van der Waals surface area contributed by atoms with E-state index in [1.165, 1.54) is 31.9 Å². The van der Waals surface area contributed by atoms with E-state index in [1.54, 1.807) is 6.92 Å². The first kappa shape index (κ1) is 25.2. The number of hydrogen-bond acceptors (Lipinski definition) is 7. The number of nitrogens with zero attached hydrogens (tertiary/aromatic N) is 1. The van der Waals surface area contributed by atoms with Crippen LogP contribution in [0.5, 0.6) is 11.5 Å². The van der Waals surface area contributed by atoms with Crippen molar-refractivity contribution in [3.05, 3.63) is 53.9 Å². The number of aromatic nitrogens is 1. The summed E-state index contributed by atoms with van der Waals surface area (Å²) in [6, 6.07) is 11.1. The smallest absolute Gasteiger partial charge is 0.328 e. The number of rotatable bonds is 8. The molecule has 1 N–H and O–H groups in total. The van der Waals surface area contributed by atoms with Gasteiger partial charge < -0.3 is 19.5 Å². The third-order valence-corrected chi connectivity index (χ3v) is 6.26. The van der Waals surface area contributed by atoms with E-state index < -0.39 is 23.9 Å². The fraction of sp³-hybridized carbons (Fsp3) is 0.462. The molecule has 2 aromatic rings. The predicted octanol–water partition coefficient (Wildman–Crippen LogP) is 4.04. The largest absolute Gasteiger partial charge is 0.493 e. The number of esters is 2. The van der Waals surface area contributed by atoms with E-state index in [1.807, 2.05) is 13.0 Å². The highest BCUT2D eigenvalue weighted by molar-refractivity contribution is 5.98. The van der Waals surface area contributed by atoms with E-state index in [0.717, 1.165) is 25.7 Å². The Morgan fingerprint density at radius 3 is 2.32 bits per heavy atom. The minimum Gasteiger partial charge on any atom is -0.493 e. The van der Waals surface area contributed by atoms with Crippen molar-refractivity contribution in [3.8, 4) is 11.5 Å². The molecule has 1 unspecified atom stereocenters. The predicted molar refractivity (Wildman–Crippen MR) is 126 cm³/mol. The molecule has 182 valence electrons. The van der Waals surface area contributed by atoms with Gasteiger partial charge in [-0.25, -0.2) is 9.78 Å². The third-order valence-electron chi connectivity index (χ3n) is 6.26. The van der Waals surface area contributed by atoms with E-state index in [-0.39, 0.29) is 29.2 Å². The van der Waals surface area contributed by atoms with Crippen molar-refractivity contribution < 1.29 is 28.6 Å². The molecule has 2 atom stereocenters. The average molecular weight is 469 g/mol. The van der Waals surface area contributed by atoms with Gasteiger partial charge in [0.05, 0.1) is 7.11 Å². The van der Waals surface area contributed by atoms with Crippen LogP contribution in [0.1, 0.15) is 68.4 Å². The van der Waals surface area contributed by atoms with Crippen LogP contribution < -0.4 is 14.8 Å². The number of carbonyl (C=O) groups is 3. The van der Waals surface area contributed by atoms with E-state index in [4.69, 9.17) is 14.2 Å². The molecule has 0 saturated heterocycles. The molecular formula is C26H32N2O6. The van der Waals surface area contributed by atoms with Gasteiger partial charge >= 0.3 is 11.9 Å². The Morgan fingerprint density at radius 2 is 1.71 bits per heavy atom. The summed E-state index contributed by atoms with van der Waals surface area (Å²) in [4.78, 5) is 40.9. The fourth-order valence-corrected chi connectivity index (χ4v) is 4.35. The maximum atomic E-state index is 12.8. The Morgan fingerprint density at radius 1 is 1.03 bits per heavy atom. The number of methoxy groups -OCH3 is 1. The summed E-state index contributed by atoms with van der Waals surface area (Å²) in [5.41, 5.74) is 1.21. The molecule has 1 aliphatic rings. The second-order valence-corrected chi connectivity index (χ2v) is 8.64. The SMILES string of the molecule is COc1ccnc(C(=O)N[C@@H](C)C(=O)OC(C)C2CCC(c3ccccc3)CC2)c1OC(C)=O. The van der Waals surface area contributed by atoms with Gasteiger partial charge in [0.15, 0.2) is 11.4 Å². The summed E-state index contributed by atoms with van der Waals surface area (Å²) in [7, 11) is 1.39. The van der Waals surface area contributed by atoms with Crippen molar-refractivity contribution in [2.24, 2.45) is 5.92 Å². The number of hydrogen-bond donors (Lipinski definition) is 1. The molecule has 0 radical (unpaired) electrons. The standard InChI is InChI=1S/C26H32N2O6/c1-16(28-25(30)23-24(34-18(3)29)22(32-4)14-15-27-23)26(31)33-17(2)19-10-12-21(13-11-19)20-8-6-5-7-9-20/h5-9,14-17,19,21H,10-13H2,1-4H3,(H,28,30)/t16-,17?,19?,21?/m0/s1. The van der Waals surface area contributed by atoms with Crippen molar-refractivity contribution in [1.82, 2.24) is 10.3 Å². The van der Waals surface area contributed by atoms with E-state index in [0.29, 0.717) is 5.92 Å². The molecule has 1 saturated carbocycles. The Labute approximate surface area is 200 Å². The summed E-state index contributed by atoms with van der Waals surface area (Å²) in [5, 5.41) is 2.57. The van der Waals surface area contributed by atoms with Gasteiger partial charge in [0.1, 0.15) is 12.1 Å². The fourth-order valence-electron chi connectivity index (χ4n) is 4.35. The van der Waals surface area contributed by atoms with Gasteiger partial charge in [-0.1, -0.05) is 30.3 Å². The second-order valence-electron chi connectivity index (χ2n) is 8.64. The monoisotopic (exact) mass is 468 g/mol. The van der Waals surface area contributed by atoms with E-state index in [2.05, 4.69) is 34.6 Å². The van der Waals surface area contributed by atoms with Crippen molar-refractivity contribution in [2.75, 3.05) is 7.11 Å². The van der Waals surface area contributed by atoms with Crippen molar-refractivity contribution in [2.45, 2.75) is 64.5 Å². The van der Waals surface area contributed by atoms with E-state index >= 15 is 0 Å². The number of amides is 1. The molecule has 0 bridgehead atoms. The van der Waals surface area contributed by atoms with Gasteiger partial charge in [-0.2, -0.15) is 0 Å². The maximum absolute atomic E-state index is 12.8. The quantitative estimate of drug-likeness (QED) is 0.583. The zero-order valence-corrected chi connectivity index (χ0v) is 20.1. The molecule has 3 rings (SSSR count). The summed E-state index contributed by atoms with van der Waals surface area (Å²) in [5.74, 6) is -0.908. The summed E-state index contributed by atoms with van der Waals surface area (Å²) in [6.45, 7) is 4.66. The van der Waals surface area contributed by atoms with Gasteiger partial charge in [-0.3, -0.25) is 9.59 Å². The zero-order valence-electron chi connectivity index (χ0n) is 20.1. The van der Waals surface area contributed by atoms with Gasteiger partial charge in [-0.05, 0) is 56.9 Å². The number of carbonyl (C=O) groups excluding carboxylic acids is 3. The minimum atomic E-state index is -0.909. The number of nitrogens with one attached hydrogen (secondary N) is 1. The van der Waals surface area contributed by atoms with E-state index in [9.17, 15) is 14.4 Å². The van der Waals surface area contributed by atoms with Crippen LogP contribution in [0.3, 0.4) is 0 Å². The highest BCUT2D eigenvalue weighted by atomic mass is 16.6. The number of pyridine rings is 1. The van der Waals surface area contributed by atoms with Gasteiger partial charge in [0, 0.05) is 19.2 Å². The lowest BCUT2D eigenvalue weighted by atomic mass is 9.77. The molecule has 1 aromatic heterocycles. The molecule has 8 heteroatoms. The first-order valence-corrected chi connectivity index (χ1v) is 11.6. The lowest BCUT2D eigenvalue weighted by Crippen LogP contribution is -2.42. The molecule has 0 spiro atoms. The maximum Gasteiger partial charge on any atom is 0.328 e. The number of ether oxygens (including phenoxy) is 3. The lowest BCUT2D eigenvalue weighted by Gasteiger charge is -2.32. The minimum absolute atomic E-state index is 0.0980. The van der Waals surface area contributed by atoms with Crippen LogP contribution in [0.15, 0.2) is 42.6 Å². The molecule has 1 aliphatic carbocycles. The van der Waals surface area contributed by atoms with Crippen molar-refractivity contribution in [3.63, 3.8) is 0 Å². The molecule has 34 heavy (non-hydrogen) atoms. The van der Waals surface area contributed by atoms with Gasteiger partial charge in [-0.15, -0.1) is 0 Å². The normalized spacial score (nSPS) is 19.4. The zero-order chi connectivity index (χ0) is 24.7. The van der Waals surface area contributed by atoms with Crippen molar-refractivity contribution in [1.29, 1.82) is 0 Å². The Kier molecular flexibility index (Phi) is 8.62. The van der Waals surface area contributed by atoms with Crippen LogP contribution in [0.2, 0.25) is 0 Å². The molecule has 1 heterocycles. The van der Waals surface area contributed by atoms with Crippen LogP contribution in [-0.4, -0.2) is 42.1 Å². The highest BCUT2D eigenvalue weighted by Crippen LogP contribution is 2.37. The molecule has 1 amide bonds. The summed E-state index contributed by atoms with van der Waals surface area (Å²) in [6.07, 6.45) is 5.18. The van der Waals surface area contributed by atoms with Crippen molar-refractivity contribution >= 4 is 17.8 Å². The average Bonchev–Trinajstić information content (AvgIpc) is 2.84. The van der Waals surface area contributed by atoms with Crippen LogP contribution in [-0.2, 0) is 14.3 Å². The first-order chi connectivity index (χ1) is 16.3. The Balaban J connectivity index is 1.55. The molecular weight excluding hydrogens is 436 g/mol. The van der Waals surface area contributed by atoms with Crippen LogP contribution >= 0.6 is 0 Å². The summed E-state index contributed by atoms with van der Waals surface area (Å²) >= 11 is 0. The Bertz CT molecular complexity index is 1000. The Hall–Kier alpha value is -3.42. The third kappa shape index (κ3) is 6.34. The van der Waals surface area contributed by atoms with Gasteiger partial charge in [0.25, 0.3) is 5.91 Å². The van der Waals surface area contributed by atoms with Crippen LogP contribution in [0.4, 0.5) is 0 Å². The number of benzene rings is 1.